The Morgan fingerprint density at radius 2 is 1.85 bits per heavy atom. The molecule has 0 unspecified atom stereocenters. The largest absolute Gasteiger partial charge is 0.450 e. The fourth-order valence-corrected chi connectivity index (χ4v) is 6.03. The second kappa shape index (κ2) is 7.61. The zero-order valence-corrected chi connectivity index (χ0v) is 17.0. The predicted octanol–water partition coefficient (Wildman–Crippen LogP) is 2.86. The lowest BCUT2D eigenvalue weighted by molar-refractivity contribution is -0.132. The van der Waals surface area contributed by atoms with Crippen LogP contribution in [0.5, 0.6) is 0 Å². The maximum atomic E-state index is 12.3. The minimum Gasteiger partial charge on any atom is -0.450 e. The molecule has 1 atom stereocenters. The fraction of sp³-hybridized carbons (Fsp3) is 0.905. The van der Waals surface area contributed by atoms with Crippen LogP contribution in [0.25, 0.3) is 0 Å². The molecule has 4 fully saturated rings. The van der Waals surface area contributed by atoms with Crippen molar-refractivity contribution in [3.05, 3.63) is 0 Å². The summed E-state index contributed by atoms with van der Waals surface area (Å²) in [7, 11) is 0. The third-order valence-electron chi connectivity index (χ3n) is 7.55. The van der Waals surface area contributed by atoms with Crippen molar-refractivity contribution in [3.8, 4) is 0 Å². The average Bonchev–Trinajstić information content (AvgIpc) is 3.25. The zero-order valence-electron chi connectivity index (χ0n) is 17.0. The van der Waals surface area contributed by atoms with E-state index in [1.807, 2.05) is 11.8 Å². The molecule has 3 aliphatic heterocycles. The van der Waals surface area contributed by atoms with Crippen molar-refractivity contribution in [2.24, 2.45) is 5.41 Å². The Labute approximate surface area is 163 Å². The van der Waals surface area contributed by atoms with Crippen LogP contribution < -0.4 is 0 Å². The van der Waals surface area contributed by atoms with Gasteiger partial charge in [0.1, 0.15) is 0 Å². The van der Waals surface area contributed by atoms with E-state index >= 15 is 0 Å². The minimum atomic E-state index is -0.139. The van der Waals surface area contributed by atoms with E-state index in [0.29, 0.717) is 36.1 Å². The van der Waals surface area contributed by atoms with Crippen LogP contribution in [-0.4, -0.2) is 77.6 Å². The Hall–Kier alpha value is -1.30. The molecular formula is C21H35N3O3. The van der Waals surface area contributed by atoms with Crippen LogP contribution in [0.2, 0.25) is 0 Å². The number of amides is 2. The number of hydrogen-bond donors (Lipinski definition) is 0. The summed E-state index contributed by atoms with van der Waals surface area (Å²) in [6.45, 7) is 8.49. The first kappa shape index (κ1) is 19.0. The summed E-state index contributed by atoms with van der Waals surface area (Å²) < 4.78 is 5.16. The number of nitrogens with zero attached hydrogens (tertiary/aromatic N) is 3. The summed E-state index contributed by atoms with van der Waals surface area (Å²) in [5.41, 5.74) is 0.340. The number of carbonyl (C=O) groups excluding carboxylic acids is 2. The molecule has 1 saturated carbocycles. The highest BCUT2D eigenvalue weighted by atomic mass is 16.6. The van der Waals surface area contributed by atoms with Crippen LogP contribution in [0, 0.1) is 5.41 Å². The molecule has 1 spiro atoms. The van der Waals surface area contributed by atoms with Gasteiger partial charge in [-0.1, -0.05) is 6.92 Å². The van der Waals surface area contributed by atoms with Gasteiger partial charge in [-0.25, -0.2) is 4.79 Å². The minimum absolute atomic E-state index is 0.139. The summed E-state index contributed by atoms with van der Waals surface area (Å²) in [6.07, 6.45) is 8.56. The Kier molecular flexibility index (Phi) is 5.36. The number of rotatable bonds is 4. The maximum absolute atomic E-state index is 12.3. The summed E-state index contributed by atoms with van der Waals surface area (Å²) in [6, 6.07) is 1.61. The fourth-order valence-electron chi connectivity index (χ4n) is 6.03. The molecule has 0 N–H and O–H groups in total. The molecule has 0 radical (unpaired) electrons. The SMILES string of the molecule is CCOC(=O)N1CCC2(CC(N3CCC(N4C(=O)CC[C@@H]4CC)CC3)C2)C1. The highest BCUT2D eigenvalue weighted by molar-refractivity contribution is 5.79. The number of likely N-dealkylation sites (tertiary alicyclic amines) is 3. The van der Waals surface area contributed by atoms with Gasteiger partial charge in [-0.2, -0.15) is 0 Å². The molecule has 3 saturated heterocycles. The monoisotopic (exact) mass is 377 g/mol. The second-order valence-corrected chi connectivity index (χ2v) is 9.10. The Balaban J connectivity index is 1.24. The molecule has 27 heavy (non-hydrogen) atoms. The Morgan fingerprint density at radius 1 is 1.11 bits per heavy atom. The summed E-state index contributed by atoms with van der Waals surface area (Å²) in [4.78, 5) is 31.0. The van der Waals surface area contributed by atoms with E-state index in [2.05, 4.69) is 16.7 Å². The van der Waals surface area contributed by atoms with Crippen molar-refractivity contribution < 1.29 is 14.3 Å². The molecule has 2 amide bonds. The average molecular weight is 378 g/mol. The molecule has 4 aliphatic rings. The van der Waals surface area contributed by atoms with E-state index in [-0.39, 0.29) is 6.09 Å². The van der Waals surface area contributed by atoms with E-state index in [9.17, 15) is 9.59 Å². The molecule has 6 nitrogen and oxygen atoms in total. The molecule has 4 rings (SSSR count). The van der Waals surface area contributed by atoms with Crippen LogP contribution in [0.4, 0.5) is 4.79 Å². The van der Waals surface area contributed by atoms with Crippen molar-refractivity contribution >= 4 is 12.0 Å². The molecule has 0 aromatic heterocycles. The van der Waals surface area contributed by atoms with E-state index in [1.165, 1.54) is 12.8 Å². The highest BCUT2D eigenvalue weighted by Crippen LogP contribution is 2.50. The first-order chi connectivity index (χ1) is 13.0. The molecule has 6 heteroatoms. The normalized spacial score (nSPS) is 35.1. The Morgan fingerprint density at radius 3 is 2.52 bits per heavy atom. The lowest BCUT2D eigenvalue weighted by Crippen LogP contribution is -2.56. The van der Waals surface area contributed by atoms with Gasteiger partial charge in [0.05, 0.1) is 6.61 Å². The standard InChI is InChI=1S/C21H35N3O3/c1-3-16-5-6-19(25)24(16)17-7-10-22(11-8-17)18-13-21(14-18)9-12-23(15-21)20(26)27-4-2/h16-18H,3-15H2,1-2H3/t16-,18?,21?/m0/s1. The van der Waals surface area contributed by atoms with E-state index in [0.717, 1.165) is 64.7 Å². The number of ether oxygens (including phenoxy) is 1. The first-order valence-corrected chi connectivity index (χ1v) is 11.0. The third-order valence-corrected chi connectivity index (χ3v) is 7.55. The van der Waals surface area contributed by atoms with E-state index < -0.39 is 0 Å². The number of hydrogen-bond acceptors (Lipinski definition) is 4. The molecule has 0 bridgehead atoms. The van der Waals surface area contributed by atoms with Crippen molar-refractivity contribution in [1.82, 2.24) is 14.7 Å². The van der Waals surface area contributed by atoms with E-state index in [1.54, 1.807) is 0 Å². The van der Waals surface area contributed by atoms with Gasteiger partial charge in [0.15, 0.2) is 0 Å². The third kappa shape index (κ3) is 3.57. The first-order valence-electron chi connectivity index (χ1n) is 11.0. The molecule has 0 aromatic carbocycles. The molecule has 0 aromatic rings. The number of piperidine rings is 1. The van der Waals surface area contributed by atoms with Crippen LogP contribution in [0.3, 0.4) is 0 Å². The topological polar surface area (TPSA) is 53.1 Å². The van der Waals surface area contributed by atoms with Gasteiger partial charge in [-0.3, -0.25) is 4.79 Å². The lowest BCUT2D eigenvalue weighted by Gasteiger charge is -2.52. The van der Waals surface area contributed by atoms with Crippen LogP contribution >= 0.6 is 0 Å². The molecule has 3 heterocycles. The van der Waals surface area contributed by atoms with Gasteiger partial charge in [0.2, 0.25) is 5.91 Å². The summed E-state index contributed by atoms with van der Waals surface area (Å²) in [5, 5.41) is 0. The number of carbonyl (C=O) groups is 2. The molecular weight excluding hydrogens is 342 g/mol. The molecule has 1 aliphatic carbocycles. The summed E-state index contributed by atoms with van der Waals surface area (Å²) >= 11 is 0. The highest BCUT2D eigenvalue weighted by Gasteiger charge is 2.51. The van der Waals surface area contributed by atoms with Gasteiger partial charge in [0, 0.05) is 50.7 Å². The maximum Gasteiger partial charge on any atom is 0.409 e. The Bertz CT molecular complexity index is 567. The second-order valence-electron chi connectivity index (χ2n) is 9.10. The van der Waals surface area contributed by atoms with Gasteiger partial charge in [-0.05, 0) is 57.3 Å². The smallest absolute Gasteiger partial charge is 0.409 e. The van der Waals surface area contributed by atoms with Crippen molar-refractivity contribution in [3.63, 3.8) is 0 Å². The van der Waals surface area contributed by atoms with Crippen LogP contribution in [0.15, 0.2) is 0 Å². The van der Waals surface area contributed by atoms with Crippen LogP contribution in [-0.2, 0) is 9.53 Å². The van der Waals surface area contributed by atoms with Crippen molar-refractivity contribution in [2.75, 3.05) is 32.8 Å². The molecule has 152 valence electrons. The lowest BCUT2D eigenvalue weighted by atomic mass is 9.64. The summed E-state index contributed by atoms with van der Waals surface area (Å²) in [5.74, 6) is 0.382. The van der Waals surface area contributed by atoms with Gasteiger partial charge in [0.25, 0.3) is 0 Å². The van der Waals surface area contributed by atoms with Crippen LogP contribution in [0.1, 0.15) is 65.2 Å². The van der Waals surface area contributed by atoms with Crippen molar-refractivity contribution in [2.45, 2.75) is 83.3 Å². The van der Waals surface area contributed by atoms with Gasteiger partial charge in [-0.15, -0.1) is 0 Å². The van der Waals surface area contributed by atoms with Gasteiger partial charge >= 0.3 is 6.09 Å². The van der Waals surface area contributed by atoms with E-state index in [4.69, 9.17) is 4.74 Å². The quantitative estimate of drug-likeness (QED) is 0.756. The zero-order chi connectivity index (χ0) is 19.0. The van der Waals surface area contributed by atoms with Crippen molar-refractivity contribution in [1.29, 1.82) is 0 Å². The predicted molar refractivity (Wildman–Crippen MR) is 103 cm³/mol. The van der Waals surface area contributed by atoms with Gasteiger partial charge < -0.3 is 19.4 Å².